The highest BCUT2D eigenvalue weighted by Crippen LogP contribution is 2.27. The molecule has 0 radical (unpaired) electrons. The molecule has 0 N–H and O–H groups in total. The molecule has 0 amide bonds. The van der Waals surface area contributed by atoms with Crippen LogP contribution in [-0.2, 0) is 23.0 Å². The van der Waals surface area contributed by atoms with E-state index in [1.54, 1.807) is 28.6 Å². The number of benzene rings is 2. The van der Waals surface area contributed by atoms with Crippen molar-refractivity contribution in [1.82, 2.24) is 9.21 Å². The van der Waals surface area contributed by atoms with Crippen LogP contribution >= 0.6 is 0 Å². The lowest BCUT2D eigenvalue weighted by atomic mass is 9.98. The maximum Gasteiger partial charge on any atom is 0.243 e. The molecule has 126 valence electrons. The number of sulfonamides is 1. The Morgan fingerprint density at radius 3 is 2.38 bits per heavy atom. The molecule has 4 nitrogen and oxygen atoms in total. The Balaban J connectivity index is 1.48. The first kappa shape index (κ1) is 15.8. The molecule has 2 heterocycles. The van der Waals surface area contributed by atoms with Gasteiger partial charge in [-0.05, 0) is 36.1 Å². The van der Waals surface area contributed by atoms with Gasteiger partial charge in [0.25, 0.3) is 0 Å². The molecular weight excluding hydrogens is 320 g/mol. The minimum Gasteiger partial charge on any atom is -0.294 e. The van der Waals surface area contributed by atoms with Crippen molar-refractivity contribution in [1.29, 1.82) is 0 Å². The van der Waals surface area contributed by atoms with Gasteiger partial charge < -0.3 is 0 Å². The van der Waals surface area contributed by atoms with E-state index in [0.29, 0.717) is 24.0 Å². The summed E-state index contributed by atoms with van der Waals surface area (Å²) in [6, 6.07) is 17.7. The van der Waals surface area contributed by atoms with Gasteiger partial charge in [-0.15, -0.1) is 0 Å². The second-order valence-corrected chi connectivity index (χ2v) is 8.55. The highest BCUT2D eigenvalue weighted by atomic mass is 32.2. The van der Waals surface area contributed by atoms with Crippen LogP contribution in [0.4, 0.5) is 0 Å². The van der Waals surface area contributed by atoms with Gasteiger partial charge in [0.15, 0.2) is 0 Å². The predicted molar refractivity (Wildman–Crippen MR) is 94.2 cm³/mol. The van der Waals surface area contributed by atoms with Crippen LogP contribution in [0.5, 0.6) is 0 Å². The number of hydrogen-bond acceptors (Lipinski definition) is 3. The van der Waals surface area contributed by atoms with E-state index in [9.17, 15) is 8.42 Å². The first-order valence-electron chi connectivity index (χ1n) is 8.50. The molecule has 24 heavy (non-hydrogen) atoms. The molecule has 0 unspecified atom stereocenters. The molecule has 2 aromatic carbocycles. The summed E-state index contributed by atoms with van der Waals surface area (Å²) in [5.74, 6) is 0. The predicted octanol–water partition coefficient (Wildman–Crippen LogP) is 2.51. The average Bonchev–Trinajstić information content (AvgIpc) is 3.13. The Morgan fingerprint density at radius 1 is 0.875 bits per heavy atom. The van der Waals surface area contributed by atoms with Crippen molar-refractivity contribution in [2.75, 3.05) is 19.6 Å². The second-order valence-electron chi connectivity index (χ2n) is 6.61. The van der Waals surface area contributed by atoms with Gasteiger partial charge in [-0.2, -0.15) is 4.31 Å². The van der Waals surface area contributed by atoms with Gasteiger partial charge in [-0.25, -0.2) is 8.42 Å². The number of fused-ring (bicyclic) bond motifs is 1. The van der Waals surface area contributed by atoms with Gasteiger partial charge in [0.05, 0.1) is 4.90 Å². The van der Waals surface area contributed by atoms with E-state index < -0.39 is 10.0 Å². The van der Waals surface area contributed by atoms with Crippen molar-refractivity contribution in [2.24, 2.45) is 0 Å². The van der Waals surface area contributed by atoms with E-state index in [-0.39, 0.29) is 0 Å². The van der Waals surface area contributed by atoms with Crippen LogP contribution in [0.3, 0.4) is 0 Å². The molecule has 0 aliphatic carbocycles. The largest absolute Gasteiger partial charge is 0.294 e. The Bertz CT molecular complexity index is 820. The van der Waals surface area contributed by atoms with Crippen molar-refractivity contribution in [3.8, 4) is 0 Å². The van der Waals surface area contributed by atoms with E-state index in [1.165, 1.54) is 11.1 Å². The summed E-state index contributed by atoms with van der Waals surface area (Å²) in [4.78, 5) is 2.85. The molecule has 5 heteroatoms. The minimum atomic E-state index is -3.36. The van der Waals surface area contributed by atoms with Crippen molar-refractivity contribution in [2.45, 2.75) is 30.3 Å². The van der Waals surface area contributed by atoms with Gasteiger partial charge >= 0.3 is 0 Å². The first-order valence-corrected chi connectivity index (χ1v) is 9.94. The lowest BCUT2D eigenvalue weighted by Crippen LogP contribution is -2.41. The highest BCUT2D eigenvalue weighted by molar-refractivity contribution is 7.89. The van der Waals surface area contributed by atoms with Gasteiger partial charge in [0.1, 0.15) is 0 Å². The summed E-state index contributed by atoms with van der Waals surface area (Å²) in [7, 11) is -3.36. The lowest BCUT2D eigenvalue weighted by molar-refractivity contribution is 0.185. The monoisotopic (exact) mass is 342 g/mol. The average molecular weight is 342 g/mol. The van der Waals surface area contributed by atoms with Gasteiger partial charge in [0.2, 0.25) is 10.0 Å². The second kappa shape index (κ2) is 6.31. The fraction of sp³-hybridized carbons (Fsp3) is 0.368. The first-order chi connectivity index (χ1) is 11.6. The summed E-state index contributed by atoms with van der Waals surface area (Å²) in [5.41, 5.74) is 2.81. The number of rotatable bonds is 3. The Kier molecular flexibility index (Phi) is 4.16. The molecule has 0 bridgehead atoms. The third-order valence-corrected chi connectivity index (χ3v) is 7.06. The van der Waals surface area contributed by atoms with Gasteiger partial charge in [-0.1, -0.05) is 42.5 Å². The fourth-order valence-corrected chi connectivity index (χ4v) is 5.31. The Morgan fingerprint density at radius 2 is 1.58 bits per heavy atom. The molecule has 4 rings (SSSR count). The molecule has 1 saturated heterocycles. The van der Waals surface area contributed by atoms with Crippen LogP contribution in [0.25, 0.3) is 0 Å². The zero-order valence-electron chi connectivity index (χ0n) is 13.6. The highest BCUT2D eigenvalue weighted by Gasteiger charge is 2.35. The quantitative estimate of drug-likeness (QED) is 0.860. The van der Waals surface area contributed by atoms with Crippen molar-refractivity contribution >= 4 is 10.0 Å². The lowest BCUT2D eigenvalue weighted by Gasteiger charge is -2.33. The molecule has 1 fully saturated rings. The maximum absolute atomic E-state index is 12.8. The Hall–Kier alpha value is -1.69. The summed E-state index contributed by atoms with van der Waals surface area (Å²) in [6.07, 6.45) is 1.96. The molecule has 2 aromatic rings. The smallest absolute Gasteiger partial charge is 0.243 e. The maximum atomic E-state index is 12.8. The van der Waals surface area contributed by atoms with Crippen LogP contribution in [0.1, 0.15) is 17.5 Å². The Labute approximate surface area is 143 Å². The molecule has 2 aliphatic heterocycles. The van der Waals surface area contributed by atoms with Crippen LogP contribution in [0, 0.1) is 0 Å². The standard InChI is InChI=1S/C19H22N2O2S/c22-24(23,19-8-2-1-3-9-19)21-13-11-18(15-21)20-12-10-16-6-4-5-7-17(16)14-20/h1-9,18H,10-15H2/t18-/m1/s1. The molecule has 1 atom stereocenters. The van der Waals surface area contributed by atoms with Crippen LogP contribution in [0.15, 0.2) is 59.5 Å². The summed E-state index contributed by atoms with van der Waals surface area (Å²) < 4.78 is 27.2. The van der Waals surface area contributed by atoms with Gasteiger partial charge in [0, 0.05) is 32.2 Å². The molecule has 0 saturated carbocycles. The zero-order valence-corrected chi connectivity index (χ0v) is 14.5. The third kappa shape index (κ3) is 2.88. The number of hydrogen-bond donors (Lipinski definition) is 0. The summed E-state index contributed by atoms with van der Waals surface area (Å²) in [5, 5.41) is 0. The van der Waals surface area contributed by atoms with Gasteiger partial charge in [-0.3, -0.25) is 4.90 Å². The van der Waals surface area contributed by atoms with Crippen LogP contribution in [0.2, 0.25) is 0 Å². The van der Waals surface area contributed by atoms with E-state index in [1.807, 2.05) is 6.07 Å². The van der Waals surface area contributed by atoms with Crippen LogP contribution in [-0.4, -0.2) is 43.3 Å². The number of nitrogens with zero attached hydrogens (tertiary/aromatic N) is 2. The SMILES string of the molecule is O=S(=O)(c1ccccc1)N1CC[C@@H](N2CCc3ccccc3C2)C1. The molecule has 0 spiro atoms. The molecule has 2 aliphatic rings. The topological polar surface area (TPSA) is 40.6 Å². The zero-order chi connectivity index (χ0) is 16.6. The van der Waals surface area contributed by atoms with E-state index >= 15 is 0 Å². The minimum absolute atomic E-state index is 0.317. The van der Waals surface area contributed by atoms with Crippen molar-refractivity contribution < 1.29 is 8.42 Å². The van der Waals surface area contributed by atoms with E-state index in [4.69, 9.17) is 0 Å². The summed E-state index contributed by atoms with van der Waals surface area (Å²) in [6.45, 7) is 3.15. The normalized spacial score (nSPS) is 22.4. The van der Waals surface area contributed by atoms with Crippen molar-refractivity contribution in [3.05, 3.63) is 65.7 Å². The molecular formula is C19H22N2O2S. The summed E-state index contributed by atoms with van der Waals surface area (Å²) >= 11 is 0. The van der Waals surface area contributed by atoms with E-state index in [0.717, 1.165) is 25.9 Å². The molecule has 0 aromatic heterocycles. The third-order valence-electron chi connectivity index (χ3n) is 5.18. The van der Waals surface area contributed by atoms with Crippen LogP contribution < -0.4 is 0 Å². The fourth-order valence-electron chi connectivity index (χ4n) is 3.80. The van der Waals surface area contributed by atoms with E-state index in [2.05, 4.69) is 29.2 Å². The van der Waals surface area contributed by atoms with Crippen molar-refractivity contribution in [3.63, 3.8) is 0 Å².